The van der Waals surface area contributed by atoms with E-state index in [1.165, 1.54) is 12.1 Å². The fraction of sp³-hybridized carbons (Fsp3) is 0.429. The third-order valence-corrected chi connectivity index (χ3v) is 3.36. The van der Waals surface area contributed by atoms with Gasteiger partial charge in [0.1, 0.15) is 18.2 Å². The van der Waals surface area contributed by atoms with Crippen molar-refractivity contribution in [3.05, 3.63) is 34.9 Å². The summed E-state index contributed by atoms with van der Waals surface area (Å²) in [6.07, 6.45) is -5.00. The number of hydrogen-bond acceptors (Lipinski definition) is 2. The van der Waals surface area contributed by atoms with Crippen LogP contribution in [0.2, 0.25) is 0 Å². The molecule has 0 N–H and O–H groups in total. The predicted octanol–water partition coefficient (Wildman–Crippen LogP) is 3.58. The van der Waals surface area contributed by atoms with Gasteiger partial charge in [-0.2, -0.15) is 13.2 Å². The zero-order chi connectivity index (χ0) is 14.9. The highest BCUT2D eigenvalue weighted by Gasteiger charge is 2.37. The van der Waals surface area contributed by atoms with Crippen LogP contribution in [-0.2, 0) is 22.4 Å². The zero-order valence-electron chi connectivity index (χ0n) is 10.5. The highest BCUT2D eigenvalue weighted by molar-refractivity contribution is 6.02. The Morgan fingerprint density at radius 2 is 1.70 bits per heavy atom. The smallest absolute Gasteiger partial charge is 0.299 e. The number of ketones is 2. The number of carbonyl (C=O) groups is 2. The van der Waals surface area contributed by atoms with Crippen LogP contribution in [0.3, 0.4) is 0 Å². The van der Waals surface area contributed by atoms with Crippen molar-refractivity contribution in [1.29, 1.82) is 0 Å². The SMILES string of the molecule is O=C1CC(=O)CC(c2ccc(CF)cc2C(F)(F)F)C1. The molecule has 1 saturated carbocycles. The minimum absolute atomic E-state index is 0.0745. The van der Waals surface area contributed by atoms with Crippen LogP contribution in [0.1, 0.15) is 41.9 Å². The minimum Gasteiger partial charge on any atom is -0.299 e. The highest BCUT2D eigenvalue weighted by atomic mass is 19.4. The molecule has 2 rings (SSSR count). The average molecular weight is 288 g/mol. The van der Waals surface area contributed by atoms with Gasteiger partial charge in [-0.1, -0.05) is 12.1 Å². The third-order valence-electron chi connectivity index (χ3n) is 3.36. The fourth-order valence-electron chi connectivity index (χ4n) is 2.49. The quantitative estimate of drug-likeness (QED) is 0.615. The van der Waals surface area contributed by atoms with Crippen molar-refractivity contribution in [2.24, 2.45) is 0 Å². The maximum absolute atomic E-state index is 13.0. The average Bonchev–Trinajstić information content (AvgIpc) is 2.35. The molecule has 1 fully saturated rings. The van der Waals surface area contributed by atoms with E-state index in [1.54, 1.807) is 0 Å². The van der Waals surface area contributed by atoms with Gasteiger partial charge in [-0.25, -0.2) is 4.39 Å². The van der Waals surface area contributed by atoms with Gasteiger partial charge >= 0.3 is 6.18 Å². The predicted molar refractivity (Wildman–Crippen MR) is 62.9 cm³/mol. The van der Waals surface area contributed by atoms with E-state index in [2.05, 4.69) is 0 Å². The first kappa shape index (κ1) is 14.7. The second-order valence-corrected chi connectivity index (χ2v) is 4.91. The molecule has 0 spiro atoms. The lowest BCUT2D eigenvalue weighted by molar-refractivity contribution is -0.139. The molecule has 20 heavy (non-hydrogen) atoms. The summed E-state index contributed by atoms with van der Waals surface area (Å²) >= 11 is 0. The van der Waals surface area contributed by atoms with E-state index in [9.17, 15) is 27.2 Å². The topological polar surface area (TPSA) is 34.1 Å². The molecule has 0 bridgehead atoms. The van der Waals surface area contributed by atoms with Gasteiger partial charge in [0.05, 0.1) is 12.0 Å². The van der Waals surface area contributed by atoms with Crippen LogP contribution < -0.4 is 0 Å². The normalized spacial score (nSPS) is 17.6. The van der Waals surface area contributed by atoms with Crippen molar-refractivity contribution in [1.82, 2.24) is 0 Å². The number of rotatable bonds is 2. The molecule has 0 unspecified atom stereocenters. The molecule has 1 aromatic carbocycles. The van der Waals surface area contributed by atoms with Crippen LogP contribution in [0, 0.1) is 0 Å². The zero-order valence-corrected chi connectivity index (χ0v) is 10.5. The summed E-state index contributed by atoms with van der Waals surface area (Å²) in [6.45, 7) is -0.994. The Morgan fingerprint density at radius 1 is 1.10 bits per heavy atom. The maximum Gasteiger partial charge on any atom is 0.416 e. The molecule has 0 radical (unpaired) electrons. The molecule has 1 aliphatic carbocycles. The number of carbonyl (C=O) groups excluding carboxylic acids is 2. The molecule has 0 atom stereocenters. The summed E-state index contributed by atoms with van der Waals surface area (Å²) in [6, 6.07) is 3.18. The largest absolute Gasteiger partial charge is 0.416 e. The van der Waals surface area contributed by atoms with Crippen molar-refractivity contribution in [2.45, 2.75) is 38.0 Å². The number of halogens is 4. The molecule has 2 nitrogen and oxygen atoms in total. The van der Waals surface area contributed by atoms with Crippen LogP contribution in [0.5, 0.6) is 0 Å². The first-order valence-corrected chi connectivity index (χ1v) is 6.10. The van der Waals surface area contributed by atoms with E-state index < -0.39 is 24.3 Å². The van der Waals surface area contributed by atoms with Gasteiger partial charge in [0.25, 0.3) is 0 Å². The molecule has 1 aliphatic rings. The van der Waals surface area contributed by atoms with Crippen molar-refractivity contribution in [3.63, 3.8) is 0 Å². The first-order valence-electron chi connectivity index (χ1n) is 6.10. The Hall–Kier alpha value is -1.72. The fourth-order valence-corrected chi connectivity index (χ4v) is 2.49. The lowest BCUT2D eigenvalue weighted by atomic mass is 9.80. The van der Waals surface area contributed by atoms with E-state index in [1.807, 2.05) is 0 Å². The van der Waals surface area contributed by atoms with Crippen LogP contribution >= 0.6 is 0 Å². The Labute approximate surface area is 112 Å². The standard InChI is InChI=1S/C14H12F4O2/c15-7-8-1-2-12(13(3-8)14(16,17)18)9-4-10(19)6-11(20)5-9/h1-3,9H,4-7H2. The first-order chi connectivity index (χ1) is 9.31. The van der Waals surface area contributed by atoms with Crippen molar-refractivity contribution in [2.75, 3.05) is 0 Å². The van der Waals surface area contributed by atoms with Gasteiger partial charge < -0.3 is 0 Å². The second kappa shape index (κ2) is 5.34. The van der Waals surface area contributed by atoms with Gasteiger partial charge in [-0.3, -0.25) is 9.59 Å². The number of alkyl halides is 4. The minimum atomic E-state index is -4.63. The molecule has 0 amide bonds. The van der Waals surface area contributed by atoms with Crippen LogP contribution in [0.25, 0.3) is 0 Å². The van der Waals surface area contributed by atoms with Gasteiger partial charge in [0.15, 0.2) is 0 Å². The summed E-state index contributed by atoms with van der Waals surface area (Å²) in [5.41, 5.74) is -1.13. The van der Waals surface area contributed by atoms with Crippen molar-refractivity contribution < 1.29 is 27.2 Å². The molecular weight excluding hydrogens is 276 g/mol. The van der Waals surface area contributed by atoms with Gasteiger partial charge in [-0.15, -0.1) is 0 Å². The monoisotopic (exact) mass is 288 g/mol. The molecule has 0 aromatic heterocycles. The summed E-state index contributed by atoms with van der Waals surface area (Å²) in [5.74, 6) is -1.48. The molecule has 0 saturated heterocycles. The Kier molecular flexibility index (Phi) is 3.92. The van der Waals surface area contributed by atoms with E-state index >= 15 is 0 Å². The van der Waals surface area contributed by atoms with Crippen molar-refractivity contribution >= 4 is 11.6 Å². The van der Waals surface area contributed by atoms with Gasteiger partial charge in [-0.05, 0) is 23.1 Å². The lowest BCUT2D eigenvalue weighted by Crippen LogP contribution is -2.23. The van der Waals surface area contributed by atoms with E-state index in [4.69, 9.17) is 0 Å². The number of Topliss-reactive ketones (excluding diaryl/α,β-unsaturated/α-hetero) is 2. The van der Waals surface area contributed by atoms with Crippen LogP contribution in [-0.4, -0.2) is 11.6 Å². The molecule has 1 aromatic rings. The van der Waals surface area contributed by atoms with E-state index in [0.717, 1.165) is 6.07 Å². The molecule has 108 valence electrons. The summed E-state index contributed by atoms with van der Waals surface area (Å²) in [4.78, 5) is 22.8. The summed E-state index contributed by atoms with van der Waals surface area (Å²) < 4.78 is 51.6. The molecular formula is C14H12F4O2. The maximum atomic E-state index is 13.0. The van der Waals surface area contributed by atoms with Gasteiger partial charge in [0.2, 0.25) is 0 Å². The van der Waals surface area contributed by atoms with E-state index in [0.29, 0.717) is 0 Å². The second-order valence-electron chi connectivity index (χ2n) is 4.91. The van der Waals surface area contributed by atoms with Crippen LogP contribution in [0.15, 0.2) is 18.2 Å². The third kappa shape index (κ3) is 3.05. The summed E-state index contributed by atoms with van der Waals surface area (Å²) in [5, 5.41) is 0. The Bertz CT molecular complexity index is 533. The number of hydrogen-bond donors (Lipinski definition) is 0. The molecule has 6 heteroatoms. The van der Waals surface area contributed by atoms with Gasteiger partial charge in [0, 0.05) is 12.8 Å². The molecule has 0 heterocycles. The molecule has 0 aliphatic heterocycles. The van der Waals surface area contributed by atoms with Crippen LogP contribution in [0.4, 0.5) is 17.6 Å². The summed E-state index contributed by atoms with van der Waals surface area (Å²) in [7, 11) is 0. The lowest BCUT2D eigenvalue weighted by Gasteiger charge is -2.24. The Balaban J connectivity index is 2.45. The number of benzene rings is 1. The Morgan fingerprint density at radius 3 is 2.20 bits per heavy atom. The van der Waals surface area contributed by atoms with E-state index in [-0.39, 0.29) is 42.0 Å². The highest BCUT2D eigenvalue weighted by Crippen LogP contribution is 2.39. The van der Waals surface area contributed by atoms with Crippen molar-refractivity contribution in [3.8, 4) is 0 Å².